The van der Waals surface area contributed by atoms with Crippen molar-refractivity contribution in [1.29, 1.82) is 0 Å². The Morgan fingerprint density at radius 1 is 1.15 bits per heavy atom. The average Bonchev–Trinajstić information content (AvgIpc) is 2.69. The van der Waals surface area contributed by atoms with Crippen LogP contribution in [0, 0.1) is 0 Å². The van der Waals surface area contributed by atoms with Gasteiger partial charge >= 0.3 is 0 Å². The van der Waals surface area contributed by atoms with Crippen LogP contribution in [-0.2, 0) is 4.74 Å². The highest BCUT2D eigenvalue weighted by Gasteiger charge is 2.19. The molecule has 3 rings (SSSR count). The molecule has 2 fully saturated rings. The van der Waals surface area contributed by atoms with Crippen LogP contribution in [0.5, 0.6) is 0 Å². The van der Waals surface area contributed by atoms with Gasteiger partial charge in [-0.05, 0) is 19.8 Å². The van der Waals surface area contributed by atoms with Gasteiger partial charge in [-0.2, -0.15) is 9.97 Å². The fourth-order valence-corrected chi connectivity index (χ4v) is 3.81. The topological polar surface area (TPSA) is 91.6 Å². The number of aromatic nitrogens is 2. The summed E-state index contributed by atoms with van der Waals surface area (Å²) < 4.78 is 5.45. The Hall–Kier alpha value is -1.64. The van der Waals surface area contributed by atoms with Crippen LogP contribution in [0.2, 0.25) is 0 Å². The summed E-state index contributed by atoms with van der Waals surface area (Å²) in [6, 6.07) is 2.48. The van der Waals surface area contributed by atoms with E-state index < -0.39 is 0 Å². The summed E-state index contributed by atoms with van der Waals surface area (Å²) in [4.78, 5) is 13.7. The molecule has 0 bridgehead atoms. The number of rotatable bonds is 9. The number of piperazine rings is 1. The van der Waals surface area contributed by atoms with Gasteiger partial charge in [-0.25, -0.2) is 0 Å². The van der Waals surface area contributed by atoms with Gasteiger partial charge in [-0.3, -0.25) is 10.2 Å². The number of ether oxygens (including phenoxy) is 1. The van der Waals surface area contributed by atoms with E-state index in [0.29, 0.717) is 24.5 Å². The first-order chi connectivity index (χ1) is 13.2. The third-order valence-electron chi connectivity index (χ3n) is 5.43. The Labute approximate surface area is 162 Å². The summed E-state index contributed by atoms with van der Waals surface area (Å²) in [6.07, 6.45) is 6.54. The molecule has 1 saturated carbocycles. The first-order valence-corrected chi connectivity index (χ1v) is 10.4. The fraction of sp³-hybridized carbons (Fsp3) is 0.789. The van der Waals surface area contributed by atoms with E-state index in [2.05, 4.69) is 30.4 Å². The van der Waals surface area contributed by atoms with Crippen LogP contribution < -0.4 is 21.3 Å². The molecule has 0 aromatic carbocycles. The number of nitrogens with two attached hydrogens (primary N) is 1. The molecule has 1 aliphatic heterocycles. The third kappa shape index (κ3) is 6.48. The van der Waals surface area contributed by atoms with Gasteiger partial charge in [-0.15, -0.1) is 0 Å². The molecule has 0 amide bonds. The Morgan fingerprint density at radius 2 is 1.93 bits per heavy atom. The van der Waals surface area contributed by atoms with E-state index in [1.165, 1.54) is 32.1 Å². The highest BCUT2D eigenvalue weighted by molar-refractivity contribution is 5.51. The van der Waals surface area contributed by atoms with Crippen LogP contribution in [0.1, 0.15) is 39.0 Å². The van der Waals surface area contributed by atoms with Crippen molar-refractivity contribution in [2.45, 2.75) is 45.1 Å². The maximum absolute atomic E-state index is 6.02. The second-order valence-corrected chi connectivity index (χ2v) is 7.39. The number of anilines is 3. The van der Waals surface area contributed by atoms with Gasteiger partial charge in [0.15, 0.2) is 0 Å². The Bertz CT molecular complexity index is 557. The molecular weight excluding hydrogens is 342 g/mol. The van der Waals surface area contributed by atoms with Gasteiger partial charge in [0.2, 0.25) is 5.95 Å². The van der Waals surface area contributed by atoms with Crippen molar-refractivity contribution in [2.75, 3.05) is 68.6 Å². The maximum Gasteiger partial charge on any atom is 0.227 e. The van der Waals surface area contributed by atoms with E-state index in [-0.39, 0.29) is 0 Å². The van der Waals surface area contributed by atoms with Crippen molar-refractivity contribution in [3.63, 3.8) is 0 Å². The maximum atomic E-state index is 6.02. The minimum absolute atomic E-state index is 0.513. The van der Waals surface area contributed by atoms with E-state index in [0.717, 1.165) is 51.8 Å². The van der Waals surface area contributed by atoms with E-state index in [1.54, 1.807) is 0 Å². The number of hydrogen-bond acceptors (Lipinski definition) is 8. The van der Waals surface area contributed by atoms with Crippen LogP contribution in [0.25, 0.3) is 0 Å². The largest absolute Gasteiger partial charge is 0.383 e. The summed E-state index contributed by atoms with van der Waals surface area (Å²) >= 11 is 0. The van der Waals surface area contributed by atoms with Gasteiger partial charge in [0.25, 0.3) is 0 Å². The highest BCUT2D eigenvalue weighted by Crippen LogP contribution is 2.19. The third-order valence-corrected chi connectivity index (χ3v) is 5.43. The number of nitrogen functional groups attached to an aromatic ring is 1. The SMILES string of the molecule is CCOCCN1CCN(c2cc(N)nc(NCNC3CCCCC3)n2)CC1. The summed E-state index contributed by atoms with van der Waals surface area (Å²) in [6.45, 7) is 9.22. The molecule has 2 heterocycles. The van der Waals surface area contributed by atoms with Gasteiger partial charge in [0, 0.05) is 51.4 Å². The van der Waals surface area contributed by atoms with Gasteiger partial charge in [0.05, 0.1) is 13.3 Å². The summed E-state index contributed by atoms with van der Waals surface area (Å²) in [5.41, 5.74) is 6.02. The monoisotopic (exact) mass is 377 g/mol. The van der Waals surface area contributed by atoms with Gasteiger partial charge in [0.1, 0.15) is 11.6 Å². The van der Waals surface area contributed by atoms with Crippen molar-refractivity contribution in [2.24, 2.45) is 0 Å². The normalized spacial score (nSPS) is 19.4. The molecule has 0 radical (unpaired) electrons. The lowest BCUT2D eigenvalue weighted by Crippen LogP contribution is -2.47. The summed E-state index contributed by atoms with van der Waals surface area (Å²) in [5, 5.41) is 6.84. The number of nitrogens with zero attached hydrogens (tertiary/aromatic N) is 4. The predicted octanol–water partition coefficient (Wildman–Crippen LogP) is 1.51. The number of nitrogens with one attached hydrogen (secondary N) is 2. The summed E-state index contributed by atoms with van der Waals surface area (Å²) in [5.74, 6) is 2.03. The second-order valence-electron chi connectivity index (χ2n) is 7.39. The Morgan fingerprint density at radius 3 is 2.67 bits per heavy atom. The second kappa shape index (κ2) is 10.6. The van der Waals surface area contributed by atoms with Crippen molar-refractivity contribution < 1.29 is 4.74 Å². The van der Waals surface area contributed by atoms with Crippen LogP contribution in [0.15, 0.2) is 6.07 Å². The van der Waals surface area contributed by atoms with Gasteiger partial charge in [-0.1, -0.05) is 19.3 Å². The average molecular weight is 378 g/mol. The van der Waals surface area contributed by atoms with E-state index in [4.69, 9.17) is 10.5 Å². The lowest BCUT2D eigenvalue weighted by Gasteiger charge is -2.35. The van der Waals surface area contributed by atoms with E-state index >= 15 is 0 Å². The van der Waals surface area contributed by atoms with Crippen LogP contribution in [-0.4, -0.2) is 73.5 Å². The lowest BCUT2D eigenvalue weighted by molar-refractivity contribution is 0.111. The first kappa shape index (κ1) is 20.1. The molecule has 1 aromatic rings. The molecule has 4 N–H and O–H groups in total. The van der Waals surface area contributed by atoms with Crippen LogP contribution >= 0.6 is 0 Å². The first-order valence-electron chi connectivity index (χ1n) is 10.4. The molecule has 152 valence electrons. The summed E-state index contributed by atoms with van der Waals surface area (Å²) in [7, 11) is 0. The molecular formula is C19H35N7O. The lowest BCUT2D eigenvalue weighted by atomic mass is 9.96. The zero-order chi connectivity index (χ0) is 18.9. The smallest absolute Gasteiger partial charge is 0.227 e. The highest BCUT2D eigenvalue weighted by atomic mass is 16.5. The molecule has 8 nitrogen and oxygen atoms in total. The number of hydrogen-bond donors (Lipinski definition) is 3. The molecule has 0 unspecified atom stereocenters. The minimum atomic E-state index is 0.513. The van der Waals surface area contributed by atoms with E-state index in [9.17, 15) is 0 Å². The zero-order valence-electron chi connectivity index (χ0n) is 16.6. The fourth-order valence-electron chi connectivity index (χ4n) is 3.81. The minimum Gasteiger partial charge on any atom is -0.383 e. The molecule has 0 spiro atoms. The molecule has 27 heavy (non-hydrogen) atoms. The van der Waals surface area contributed by atoms with Crippen molar-refractivity contribution in [1.82, 2.24) is 20.2 Å². The molecule has 2 aliphatic rings. The van der Waals surface area contributed by atoms with Crippen molar-refractivity contribution in [3.8, 4) is 0 Å². The van der Waals surface area contributed by atoms with Gasteiger partial charge < -0.3 is 20.7 Å². The molecule has 1 aliphatic carbocycles. The van der Waals surface area contributed by atoms with Crippen LogP contribution in [0.4, 0.5) is 17.6 Å². The zero-order valence-corrected chi connectivity index (χ0v) is 16.6. The Kier molecular flexibility index (Phi) is 7.92. The molecule has 1 aromatic heterocycles. The quantitative estimate of drug-likeness (QED) is 0.441. The van der Waals surface area contributed by atoms with E-state index in [1.807, 2.05) is 13.0 Å². The Balaban J connectivity index is 1.46. The molecule has 1 saturated heterocycles. The standard InChI is InChI=1S/C19H35N7O/c1-2-27-13-12-25-8-10-26(11-9-25)18-14-17(20)23-19(24-18)22-15-21-16-6-4-3-5-7-16/h14,16,21H,2-13,15H2,1H3,(H3,20,22,23,24). The molecule has 8 heteroatoms. The van der Waals surface area contributed by atoms with Crippen molar-refractivity contribution >= 4 is 17.6 Å². The predicted molar refractivity (Wildman–Crippen MR) is 110 cm³/mol. The molecule has 0 atom stereocenters. The van der Waals surface area contributed by atoms with Crippen LogP contribution in [0.3, 0.4) is 0 Å². The van der Waals surface area contributed by atoms with Crippen molar-refractivity contribution in [3.05, 3.63) is 6.07 Å².